The number of aliphatic hydroxyl groups is 1. The van der Waals surface area contributed by atoms with Crippen LogP contribution in [0, 0.1) is 6.92 Å². The van der Waals surface area contributed by atoms with Crippen LogP contribution in [0.4, 0.5) is 27.8 Å². The molecule has 1 N–H and O–H groups in total. The van der Waals surface area contributed by atoms with Crippen molar-refractivity contribution in [2.75, 3.05) is 18.1 Å². The predicted molar refractivity (Wildman–Crippen MR) is 126 cm³/mol. The van der Waals surface area contributed by atoms with Crippen molar-refractivity contribution in [2.45, 2.75) is 38.4 Å². The van der Waals surface area contributed by atoms with E-state index in [0.717, 1.165) is 25.0 Å². The van der Waals surface area contributed by atoms with E-state index in [1.165, 1.54) is 22.7 Å². The lowest BCUT2D eigenvalue weighted by atomic mass is 10.0. The molecule has 0 aliphatic carbocycles. The summed E-state index contributed by atoms with van der Waals surface area (Å²) in [6.45, 7) is 2.31. The zero-order valence-corrected chi connectivity index (χ0v) is 19.3. The number of aryl methyl sites for hydroxylation is 1. The number of fused-ring (bicyclic) bond motifs is 1. The van der Waals surface area contributed by atoms with E-state index in [9.17, 15) is 27.1 Å². The van der Waals surface area contributed by atoms with Gasteiger partial charge in [-0.05, 0) is 37.5 Å². The van der Waals surface area contributed by atoms with E-state index in [0.29, 0.717) is 46.1 Å². The molecule has 1 aliphatic rings. The number of anilines is 1. The minimum Gasteiger partial charge on any atom is -0.394 e. The van der Waals surface area contributed by atoms with E-state index in [1.807, 2.05) is 4.90 Å². The molecular formula is C26H23F5N4O. The Bertz CT molecular complexity index is 1400. The lowest BCUT2D eigenvalue weighted by molar-refractivity contribution is -0.137. The van der Waals surface area contributed by atoms with Crippen LogP contribution in [-0.4, -0.2) is 38.9 Å². The predicted octanol–water partition coefficient (Wildman–Crippen LogP) is 6.29. The van der Waals surface area contributed by atoms with Gasteiger partial charge in [0.05, 0.1) is 29.6 Å². The van der Waals surface area contributed by atoms with Crippen LogP contribution in [-0.2, 0) is 6.18 Å². The van der Waals surface area contributed by atoms with E-state index < -0.39 is 18.2 Å². The highest BCUT2D eigenvalue weighted by Crippen LogP contribution is 2.37. The van der Waals surface area contributed by atoms with Crippen LogP contribution in [0.2, 0.25) is 0 Å². The number of benzene rings is 2. The molecule has 1 saturated heterocycles. The molecule has 1 fully saturated rings. The Balaban J connectivity index is 1.75. The lowest BCUT2D eigenvalue weighted by Crippen LogP contribution is -2.32. The van der Waals surface area contributed by atoms with Crippen LogP contribution in [0.3, 0.4) is 0 Å². The monoisotopic (exact) mass is 502 g/mol. The first-order valence-electron chi connectivity index (χ1n) is 11.5. The molecule has 2 aromatic carbocycles. The first-order valence-corrected chi connectivity index (χ1v) is 11.5. The van der Waals surface area contributed by atoms with Crippen molar-refractivity contribution in [3.8, 4) is 22.4 Å². The third-order valence-corrected chi connectivity index (χ3v) is 6.57. The summed E-state index contributed by atoms with van der Waals surface area (Å²) < 4.78 is 68.1. The average Bonchev–Trinajstić information content (AvgIpc) is 3.46. The fourth-order valence-corrected chi connectivity index (χ4v) is 4.78. The SMILES string of the molecule is Cc1nn2c(-c3cccc(C(F)(F)F)c3)cc(N3CCCC3CO)nc2c1-c1ccc(C(F)F)cc1. The molecule has 1 atom stereocenters. The summed E-state index contributed by atoms with van der Waals surface area (Å²) in [6, 6.07) is 12.3. The zero-order valence-electron chi connectivity index (χ0n) is 19.3. The van der Waals surface area contributed by atoms with Gasteiger partial charge >= 0.3 is 6.18 Å². The quantitative estimate of drug-likeness (QED) is 0.326. The van der Waals surface area contributed by atoms with Crippen LogP contribution in [0.1, 0.15) is 36.1 Å². The minimum atomic E-state index is -4.51. The summed E-state index contributed by atoms with van der Waals surface area (Å²) in [5.41, 5.74) is 1.98. The number of hydrogen-bond acceptors (Lipinski definition) is 4. The molecule has 10 heteroatoms. The van der Waals surface area contributed by atoms with Crippen molar-refractivity contribution in [1.82, 2.24) is 14.6 Å². The summed E-state index contributed by atoms with van der Waals surface area (Å²) in [5, 5.41) is 14.4. The van der Waals surface area contributed by atoms with Gasteiger partial charge in [-0.25, -0.2) is 18.3 Å². The Morgan fingerprint density at radius 2 is 1.81 bits per heavy atom. The first-order chi connectivity index (χ1) is 17.2. The van der Waals surface area contributed by atoms with Crippen molar-refractivity contribution < 1.29 is 27.1 Å². The molecule has 3 heterocycles. The largest absolute Gasteiger partial charge is 0.416 e. The van der Waals surface area contributed by atoms with Crippen molar-refractivity contribution in [3.63, 3.8) is 0 Å². The average molecular weight is 502 g/mol. The van der Waals surface area contributed by atoms with Gasteiger partial charge in [-0.3, -0.25) is 0 Å². The van der Waals surface area contributed by atoms with Crippen LogP contribution in [0.25, 0.3) is 28.0 Å². The Morgan fingerprint density at radius 3 is 2.47 bits per heavy atom. The lowest BCUT2D eigenvalue weighted by Gasteiger charge is -2.25. The Kier molecular flexibility index (Phi) is 6.15. The third-order valence-electron chi connectivity index (χ3n) is 6.57. The van der Waals surface area contributed by atoms with Crippen LogP contribution >= 0.6 is 0 Å². The second kappa shape index (κ2) is 9.16. The second-order valence-corrected chi connectivity index (χ2v) is 8.87. The molecule has 5 rings (SSSR count). The van der Waals surface area contributed by atoms with Gasteiger partial charge in [0.25, 0.3) is 6.43 Å². The van der Waals surface area contributed by atoms with Crippen LogP contribution in [0.5, 0.6) is 0 Å². The van der Waals surface area contributed by atoms with E-state index in [1.54, 1.807) is 31.2 Å². The highest BCUT2D eigenvalue weighted by molar-refractivity contribution is 5.83. The molecule has 1 aliphatic heterocycles. The summed E-state index contributed by atoms with van der Waals surface area (Å²) in [5.74, 6) is 0.511. The fraction of sp³-hybridized carbons (Fsp3) is 0.308. The molecule has 188 valence electrons. The highest BCUT2D eigenvalue weighted by Gasteiger charge is 2.31. The number of hydrogen-bond donors (Lipinski definition) is 1. The number of halogens is 5. The molecule has 0 amide bonds. The van der Waals surface area contributed by atoms with Crippen molar-refractivity contribution in [2.24, 2.45) is 0 Å². The van der Waals surface area contributed by atoms with Gasteiger partial charge in [0, 0.05) is 29.3 Å². The summed E-state index contributed by atoms with van der Waals surface area (Å²) in [7, 11) is 0. The maximum Gasteiger partial charge on any atom is 0.416 e. The fourth-order valence-electron chi connectivity index (χ4n) is 4.78. The highest BCUT2D eigenvalue weighted by atomic mass is 19.4. The molecule has 0 bridgehead atoms. The van der Waals surface area contributed by atoms with Gasteiger partial charge < -0.3 is 10.0 Å². The second-order valence-electron chi connectivity index (χ2n) is 8.87. The smallest absolute Gasteiger partial charge is 0.394 e. The van der Waals surface area contributed by atoms with Crippen molar-refractivity contribution in [1.29, 1.82) is 0 Å². The molecule has 4 aromatic rings. The number of alkyl halides is 5. The summed E-state index contributed by atoms with van der Waals surface area (Å²) in [6.07, 6.45) is -5.51. The standard InChI is InChI=1S/C26H23F5N4O/c1-15-23(16-7-9-17(10-8-16)24(27)28)25-32-22(34-11-3-6-20(34)14-36)13-21(35(25)33-15)18-4-2-5-19(12-18)26(29,30)31/h2,4-5,7-10,12-13,20,24,36H,3,6,11,14H2,1H3. The zero-order chi connectivity index (χ0) is 25.6. The Hall–Kier alpha value is -3.53. The van der Waals surface area contributed by atoms with Crippen LogP contribution in [0.15, 0.2) is 54.6 Å². The normalized spacial score (nSPS) is 16.4. The van der Waals surface area contributed by atoms with E-state index in [2.05, 4.69) is 5.10 Å². The number of rotatable bonds is 5. The minimum absolute atomic E-state index is 0.0774. The Morgan fingerprint density at radius 1 is 1.06 bits per heavy atom. The van der Waals surface area contributed by atoms with Gasteiger partial charge in [0.1, 0.15) is 5.82 Å². The molecule has 0 spiro atoms. The van der Waals surface area contributed by atoms with Crippen molar-refractivity contribution in [3.05, 3.63) is 71.4 Å². The summed E-state index contributed by atoms with van der Waals surface area (Å²) in [4.78, 5) is 6.76. The first kappa shape index (κ1) is 24.2. The molecule has 0 radical (unpaired) electrons. The van der Waals surface area contributed by atoms with Gasteiger partial charge in [-0.2, -0.15) is 18.3 Å². The molecule has 5 nitrogen and oxygen atoms in total. The molecule has 0 saturated carbocycles. The van der Waals surface area contributed by atoms with E-state index in [4.69, 9.17) is 4.98 Å². The maximum atomic E-state index is 13.5. The molecular weight excluding hydrogens is 479 g/mol. The molecule has 36 heavy (non-hydrogen) atoms. The molecule has 2 aromatic heterocycles. The number of nitrogens with zero attached hydrogens (tertiary/aromatic N) is 4. The van der Waals surface area contributed by atoms with Gasteiger partial charge in [0.2, 0.25) is 0 Å². The summed E-state index contributed by atoms with van der Waals surface area (Å²) >= 11 is 0. The van der Waals surface area contributed by atoms with E-state index in [-0.39, 0.29) is 18.2 Å². The van der Waals surface area contributed by atoms with Crippen LogP contribution < -0.4 is 4.90 Å². The topological polar surface area (TPSA) is 53.7 Å². The van der Waals surface area contributed by atoms with Gasteiger partial charge in [0.15, 0.2) is 5.65 Å². The number of aliphatic hydroxyl groups excluding tert-OH is 1. The van der Waals surface area contributed by atoms with Crippen molar-refractivity contribution >= 4 is 11.5 Å². The number of aromatic nitrogens is 3. The van der Waals surface area contributed by atoms with Gasteiger partial charge in [-0.1, -0.05) is 36.4 Å². The molecule has 1 unspecified atom stereocenters. The maximum absolute atomic E-state index is 13.5. The third kappa shape index (κ3) is 4.30. The Labute approximate surface area is 203 Å². The van der Waals surface area contributed by atoms with E-state index >= 15 is 0 Å². The van der Waals surface area contributed by atoms with Gasteiger partial charge in [-0.15, -0.1) is 0 Å².